The number of amides is 1. The Hall–Kier alpha value is -1.46. The molecule has 1 atom stereocenters. The largest absolute Gasteiger partial charge is 0.346 e. The van der Waals surface area contributed by atoms with Crippen molar-refractivity contribution in [3.05, 3.63) is 35.6 Å². The number of nitrogens with two attached hydrogens (primary N) is 1. The van der Waals surface area contributed by atoms with Gasteiger partial charge >= 0.3 is 0 Å². The molecule has 0 aliphatic heterocycles. The summed E-state index contributed by atoms with van der Waals surface area (Å²) in [4.78, 5) is 25.5. The maximum atomic E-state index is 12.8. The molecular formula is C17H26ClFN2O2. The van der Waals surface area contributed by atoms with E-state index in [-0.39, 0.29) is 48.8 Å². The number of Topliss-reactive ketones (excluding diaryl/α,β-unsaturated/α-hetero) is 1. The van der Waals surface area contributed by atoms with Gasteiger partial charge in [0.05, 0.1) is 0 Å². The highest BCUT2D eigenvalue weighted by Crippen LogP contribution is 2.09. The van der Waals surface area contributed by atoms with Gasteiger partial charge in [-0.15, -0.1) is 12.4 Å². The summed E-state index contributed by atoms with van der Waals surface area (Å²) in [6.45, 7) is 4.69. The molecule has 1 unspecified atom stereocenters. The van der Waals surface area contributed by atoms with Gasteiger partial charge in [0.2, 0.25) is 5.91 Å². The lowest BCUT2D eigenvalue weighted by Gasteiger charge is -2.21. The Balaban J connectivity index is 0.00000484. The minimum atomic E-state index is -0.381. The molecule has 0 fully saturated rings. The fourth-order valence-corrected chi connectivity index (χ4v) is 1.99. The maximum absolute atomic E-state index is 12.8. The van der Waals surface area contributed by atoms with Crippen LogP contribution in [-0.4, -0.2) is 36.2 Å². The van der Waals surface area contributed by atoms with Crippen molar-refractivity contribution in [3.63, 3.8) is 0 Å². The van der Waals surface area contributed by atoms with Gasteiger partial charge in [-0.3, -0.25) is 9.59 Å². The van der Waals surface area contributed by atoms with E-state index >= 15 is 0 Å². The molecule has 0 bridgehead atoms. The van der Waals surface area contributed by atoms with Crippen LogP contribution in [0.4, 0.5) is 4.39 Å². The third kappa shape index (κ3) is 7.57. The summed E-state index contributed by atoms with van der Waals surface area (Å²) < 4.78 is 12.8. The number of benzene rings is 1. The van der Waals surface area contributed by atoms with E-state index in [1.54, 1.807) is 11.9 Å². The zero-order valence-electron chi connectivity index (χ0n) is 13.9. The number of carbonyl (C=O) groups excluding carboxylic acids is 2. The summed E-state index contributed by atoms with van der Waals surface area (Å²) >= 11 is 0. The average Bonchev–Trinajstić information content (AvgIpc) is 2.49. The van der Waals surface area contributed by atoms with Crippen molar-refractivity contribution < 1.29 is 14.0 Å². The zero-order valence-corrected chi connectivity index (χ0v) is 14.7. The number of nitrogens with zero attached hydrogens (tertiary/aromatic N) is 1. The third-order valence-electron chi connectivity index (χ3n) is 3.81. The molecule has 0 heterocycles. The molecule has 0 saturated heterocycles. The summed E-state index contributed by atoms with van der Waals surface area (Å²) in [5.74, 6) is -0.232. The number of rotatable bonds is 8. The monoisotopic (exact) mass is 344 g/mol. The minimum Gasteiger partial charge on any atom is -0.346 e. The molecule has 130 valence electrons. The Morgan fingerprint density at radius 3 is 2.26 bits per heavy atom. The summed E-state index contributed by atoms with van der Waals surface area (Å²) in [6.07, 6.45) is 1.03. The predicted octanol–water partition coefficient (Wildman–Crippen LogP) is 3.04. The van der Waals surface area contributed by atoms with Gasteiger partial charge in [-0.05, 0) is 36.6 Å². The molecule has 23 heavy (non-hydrogen) atoms. The highest BCUT2D eigenvalue weighted by atomic mass is 35.5. The Kier molecular flexibility index (Phi) is 9.68. The van der Waals surface area contributed by atoms with E-state index < -0.39 is 0 Å². The van der Waals surface area contributed by atoms with Gasteiger partial charge in [0.25, 0.3) is 0 Å². The number of hydrogen-bond acceptors (Lipinski definition) is 3. The third-order valence-corrected chi connectivity index (χ3v) is 3.81. The van der Waals surface area contributed by atoms with Gasteiger partial charge in [0.15, 0.2) is 5.78 Å². The van der Waals surface area contributed by atoms with E-state index in [1.807, 2.05) is 13.8 Å². The SMILES string of the molecule is CC(C)C(N)CCN(C)C(=O)CCC(=O)c1ccc(F)cc1.Cl. The van der Waals surface area contributed by atoms with Gasteiger partial charge in [0, 0.05) is 38.0 Å². The highest BCUT2D eigenvalue weighted by Gasteiger charge is 2.15. The molecular weight excluding hydrogens is 319 g/mol. The molecule has 1 aromatic rings. The fourth-order valence-electron chi connectivity index (χ4n) is 1.99. The van der Waals surface area contributed by atoms with Crippen LogP contribution in [0.5, 0.6) is 0 Å². The molecule has 0 aromatic heterocycles. The van der Waals surface area contributed by atoms with Crippen molar-refractivity contribution in [2.24, 2.45) is 11.7 Å². The van der Waals surface area contributed by atoms with Crippen LogP contribution < -0.4 is 5.73 Å². The quantitative estimate of drug-likeness (QED) is 0.737. The minimum absolute atomic E-state index is 0. The van der Waals surface area contributed by atoms with E-state index in [4.69, 9.17) is 5.73 Å². The summed E-state index contributed by atoms with van der Waals surface area (Å²) in [5.41, 5.74) is 6.38. The first-order valence-corrected chi connectivity index (χ1v) is 7.59. The first-order valence-electron chi connectivity index (χ1n) is 7.59. The first kappa shape index (κ1) is 21.5. The molecule has 1 rings (SSSR count). The Labute approximate surface area is 143 Å². The fraction of sp³-hybridized carbons (Fsp3) is 0.529. The Bertz CT molecular complexity index is 506. The number of ketones is 1. The van der Waals surface area contributed by atoms with Gasteiger partial charge < -0.3 is 10.6 Å². The van der Waals surface area contributed by atoms with Crippen LogP contribution >= 0.6 is 12.4 Å². The van der Waals surface area contributed by atoms with Crippen LogP contribution in [0.1, 0.15) is 43.5 Å². The number of halogens is 2. The van der Waals surface area contributed by atoms with Crippen molar-refractivity contribution >= 4 is 24.1 Å². The molecule has 1 aromatic carbocycles. The lowest BCUT2D eigenvalue weighted by Crippen LogP contribution is -2.34. The van der Waals surface area contributed by atoms with Crippen LogP contribution in [0, 0.1) is 11.7 Å². The van der Waals surface area contributed by atoms with Crippen LogP contribution in [0.15, 0.2) is 24.3 Å². The lowest BCUT2D eigenvalue weighted by atomic mass is 10.0. The van der Waals surface area contributed by atoms with Crippen LogP contribution in [0.3, 0.4) is 0 Å². The van der Waals surface area contributed by atoms with Crippen molar-refractivity contribution in [3.8, 4) is 0 Å². The highest BCUT2D eigenvalue weighted by molar-refractivity contribution is 5.97. The van der Waals surface area contributed by atoms with Gasteiger partial charge in [0.1, 0.15) is 5.82 Å². The molecule has 2 N–H and O–H groups in total. The van der Waals surface area contributed by atoms with E-state index in [2.05, 4.69) is 0 Å². The van der Waals surface area contributed by atoms with Gasteiger partial charge in [-0.1, -0.05) is 13.8 Å². The van der Waals surface area contributed by atoms with E-state index in [1.165, 1.54) is 24.3 Å². The van der Waals surface area contributed by atoms with Crippen LogP contribution in [0.2, 0.25) is 0 Å². The van der Waals surface area contributed by atoms with Crippen molar-refractivity contribution in [1.82, 2.24) is 4.90 Å². The smallest absolute Gasteiger partial charge is 0.222 e. The molecule has 0 aliphatic rings. The molecule has 1 amide bonds. The topological polar surface area (TPSA) is 63.4 Å². The second-order valence-corrected chi connectivity index (χ2v) is 5.94. The van der Waals surface area contributed by atoms with Crippen molar-refractivity contribution in [2.75, 3.05) is 13.6 Å². The number of hydrogen-bond donors (Lipinski definition) is 1. The molecule has 6 heteroatoms. The van der Waals surface area contributed by atoms with Crippen molar-refractivity contribution in [1.29, 1.82) is 0 Å². The first-order chi connectivity index (χ1) is 10.3. The molecule has 0 aliphatic carbocycles. The zero-order chi connectivity index (χ0) is 16.7. The van der Waals surface area contributed by atoms with Crippen LogP contribution in [-0.2, 0) is 4.79 Å². The second-order valence-electron chi connectivity index (χ2n) is 5.94. The average molecular weight is 345 g/mol. The molecule has 0 spiro atoms. The Morgan fingerprint density at radius 1 is 1.17 bits per heavy atom. The Morgan fingerprint density at radius 2 is 1.74 bits per heavy atom. The van der Waals surface area contributed by atoms with Crippen molar-refractivity contribution in [2.45, 2.75) is 39.2 Å². The standard InChI is InChI=1S/C17H25FN2O2.ClH/c1-12(2)15(19)10-11-20(3)17(22)9-8-16(21)13-4-6-14(18)7-5-13;/h4-7,12,15H,8-11,19H2,1-3H3;1H. The normalized spacial score (nSPS) is 11.7. The summed E-state index contributed by atoms with van der Waals surface area (Å²) in [6, 6.07) is 5.43. The molecule has 0 radical (unpaired) electrons. The van der Waals surface area contributed by atoms with Crippen LogP contribution in [0.25, 0.3) is 0 Å². The number of carbonyl (C=O) groups is 2. The van der Waals surface area contributed by atoms with E-state index in [9.17, 15) is 14.0 Å². The van der Waals surface area contributed by atoms with E-state index in [0.29, 0.717) is 18.0 Å². The maximum Gasteiger partial charge on any atom is 0.222 e. The summed E-state index contributed by atoms with van der Waals surface area (Å²) in [5, 5.41) is 0. The summed E-state index contributed by atoms with van der Waals surface area (Å²) in [7, 11) is 1.72. The lowest BCUT2D eigenvalue weighted by molar-refractivity contribution is -0.129. The van der Waals surface area contributed by atoms with Gasteiger partial charge in [-0.2, -0.15) is 0 Å². The molecule has 0 saturated carbocycles. The molecule has 4 nitrogen and oxygen atoms in total. The second kappa shape index (κ2) is 10.3. The predicted molar refractivity (Wildman–Crippen MR) is 92.3 cm³/mol. The van der Waals surface area contributed by atoms with E-state index in [0.717, 1.165) is 6.42 Å². The van der Waals surface area contributed by atoms with Gasteiger partial charge in [-0.25, -0.2) is 4.39 Å².